The van der Waals surface area contributed by atoms with Crippen LogP contribution in [0.2, 0.25) is 0 Å². The van der Waals surface area contributed by atoms with Gasteiger partial charge < -0.3 is 15.2 Å². The van der Waals surface area contributed by atoms with E-state index in [1.807, 2.05) is 0 Å². The topological polar surface area (TPSA) is 102 Å². The van der Waals surface area contributed by atoms with Crippen LogP contribution in [0.3, 0.4) is 0 Å². The maximum atomic E-state index is 11.5. The number of nitro groups is 1. The lowest BCUT2D eigenvalue weighted by Gasteiger charge is -2.09. The van der Waals surface area contributed by atoms with E-state index in [1.54, 1.807) is 24.3 Å². The molecule has 0 heterocycles. The summed E-state index contributed by atoms with van der Waals surface area (Å²) in [6.45, 7) is 0.0883. The Labute approximate surface area is 132 Å². The maximum absolute atomic E-state index is 11.5. The first-order chi connectivity index (χ1) is 11.0. The van der Waals surface area contributed by atoms with Crippen LogP contribution in [0.15, 0.2) is 42.5 Å². The molecule has 2 N–H and O–H groups in total. The number of hydrogen-bond acceptors (Lipinski definition) is 6. The smallest absolute Gasteiger partial charge is 0.337 e. The van der Waals surface area contributed by atoms with E-state index in [2.05, 4.69) is 10.1 Å². The van der Waals surface area contributed by atoms with E-state index >= 15 is 0 Å². The van der Waals surface area contributed by atoms with Gasteiger partial charge in [0.25, 0.3) is 5.69 Å². The van der Waals surface area contributed by atoms with Crippen LogP contribution in [-0.2, 0) is 17.9 Å². The molecule has 0 atom stereocenters. The Morgan fingerprint density at radius 1 is 1.26 bits per heavy atom. The first kappa shape index (κ1) is 16.4. The molecule has 0 aliphatic carbocycles. The van der Waals surface area contributed by atoms with Crippen molar-refractivity contribution in [3.8, 4) is 0 Å². The van der Waals surface area contributed by atoms with Gasteiger partial charge in [-0.25, -0.2) is 4.79 Å². The highest BCUT2D eigenvalue weighted by Gasteiger charge is 2.14. The molecule has 0 aromatic heterocycles. The highest BCUT2D eigenvalue weighted by atomic mass is 16.6. The van der Waals surface area contributed by atoms with Gasteiger partial charge in [0.05, 0.1) is 24.2 Å². The normalized spacial score (nSPS) is 10.2. The Kier molecular flexibility index (Phi) is 5.27. The second kappa shape index (κ2) is 7.37. The van der Waals surface area contributed by atoms with Gasteiger partial charge in [0, 0.05) is 12.6 Å². The fourth-order valence-corrected chi connectivity index (χ4v) is 2.11. The van der Waals surface area contributed by atoms with Gasteiger partial charge in [-0.15, -0.1) is 0 Å². The number of esters is 1. The summed E-state index contributed by atoms with van der Waals surface area (Å²) in [5, 5.41) is 23.2. The molecule has 23 heavy (non-hydrogen) atoms. The van der Waals surface area contributed by atoms with Gasteiger partial charge in [-0.05, 0) is 35.4 Å². The van der Waals surface area contributed by atoms with Crippen molar-refractivity contribution in [2.24, 2.45) is 0 Å². The van der Waals surface area contributed by atoms with Crippen LogP contribution >= 0.6 is 0 Å². The summed E-state index contributed by atoms with van der Waals surface area (Å²) >= 11 is 0. The highest BCUT2D eigenvalue weighted by Crippen LogP contribution is 2.26. The van der Waals surface area contributed by atoms with E-state index in [-0.39, 0.29) is 12.3 Å². The van der Waals surface area contributed by atoms with E-state index in [0.717, 1.165) is 5.56 Å². The van der Waals surface area contributed by atoms with Gasteiger partial charge in [0.1, 0.15) is 5.69 Å². The second-order valence-electron chi connectivity index (χ2n) is 4.81. The molecular formula is C16H16N2O5. The molecule has 0 spiro atoms. The number of rotatable bonds is 6. The quantitative estimate of drug-likeness (QED) is 0.482. The zero-order valence-electron chi connectivity index (χ0n) is 12.5. The monoisotopic (exact) mass is 316 g/mol. The minimum absolute atomic E-state index is 0.0775. The second-order valence-corrected chi connectivity index (χ2v) is 4.81. The number of hydrogen-bond donors (Lipinski definition) is 2. The van der Waals surface area contributed by atoms with Crippen LogP contribution in [0.1, 0.15) is 21.5 Å². The maximum Gasteiger partial charge on any atom is 0.337 e. The Morgan fingerprint density at radius 2 is 2.04 bits per heavy atom. The molecule has 0 saturated heterocycles. The fraction of sp³-hybridized carbons (Fsp3) is 0.188. The number of nitrogens with one attached hydrogen (secondary N) is 1. The fourth-order valence-electron chi connectivity index (χ4n) is 2.11. The minimum Gasteiger partial charge on any atom is -0.465 e. The Balaban J connectivity index is 2.20. The molecule has 2 rings (SSSR count). The van der Waals surface area contributed by atoms with Crippen molar-refractivity contribution in [3.63, 3.8) is 0 Å². The molecule has 2 aromatic rings. The minimum atomic E-state index is -0.492. The summed E-state index contributed by atoms with van der Waals surface area (Å²) in [7, 11) is 1.30. The summed E-state index contributed by atoms with van der Waals surface area (Å²) in [5.41, 5.74) is 1.99. The number of methoxy groups -OCH3 is 1. The van der Waals surface area contributed by atoms with Crippen LogP contribution in [0.25, 0.3) is 0 Å². The lowest BCUT2D eigenvalue weighted by atomic mass is 10.1. The molecule has 7 nitrogen and oxygen atoms in total. The number of ether oxygens (including phenoxy) is 1. The largest absolute Gasteiger partial charge is 0.465 e. The molecular weight excluding hydrogens is 300 g/mol. The number of anilines is 1. The molecule has 0 amide bonds. The lowest BCUT2D eigenvalue weighted by Crippen LogP contribution is -2.06. The van der Waals surface area contributed by atoms with E-state index < -0.39 is 10.9 Å². The standard InChI is InChI=1S/C16H16N2O5/c1-23-16(20)13-4-2-3-11(7-13)9-17-14-8-12(10-19)5-6-15(14)18(21)22/h2-8,17,19H,9-10H2,1H3. The number of benzene rings is 2. The number of carbonyl (C=O) groups excluding carboxylic acids is 1. The first-order valence-corrected chi connectivity index (χ1v) is 6.84. The third kappa shape index (κ3) is 4.04. The van der Waals surface area contributed by atoms with Crippen LogP contribution in [0.5, 0.6) is 0 Å². The van der Waals surface area contributed by atoms with Crippen LogP contribution < -0.4 is 5.32 Å². The zero-order valence-corrected chi connectivity index (χ0v) is 12.5. The number of nitro benzene ring substituents is 1. The average Bonchev–Trinajstić information content (AvgIpc) is 2.59. The lowest BCUT2D eigenvalue weighted by molar-refractivity contribution is -0.384. The van der Waals surface area contributed by atoms with Crippen LogP contribution in [0, 0.1) is 10.1 Å². The molecule has 0 unspecified atom stereocenters. The molecule has 7 heteroatoms. The molecule has 0 radical (unpaired) electrons. The number of nitrogens with zero attached hydrogens (tertiary/aromatic N) is 1. The van der Waals surface area contributed by atoms with Gasteiger partial charge in [0.15, 0.2) is 0 Å². The van der Waals surface area contributed by atoms with Crippen LogP contribution in [-0.4, -0.2) is 23.1 Å². The third-order valence-corrected chi connectivity index (χ3v) is 3.27. The predicted molar refractivity (Wildman–Crippen MR) is 84.1 cm³/mol. The first-order valence-electron chi connectivity index (χ1n) is 6.84. The van der Waals surface area contributed by atoms with Gasteiger partial charge in [-0.2, -0.15) is 0 Å². The molecule has 0 aliphatic rings. The summed E-state index contributed by atoms with van der Waals surface area (Å²) in [6.07, 6.45) is 0. The predicted octanol–water partition coefficient (Wildman–Crippen LogP) is 2.49. The third-order valence-electron chi connectivity index (χ3n) is 3.27. The van der Waals surface area contributed by atoms with Gasteiger partial charge in [0.2, 0.25) is 0 Å². The number of carbonyl (C=O) groups is 1. The molecule has 120 valence electrons. The Morgan fingerprint density at radius 3 is 2.70 bits per heavy atom. The number of aliphatic hydroxyl groups is 1. The molecule has 2 aromatic carbocycles. The molecule has 0 aliphatic heterocycles. The van der Waals surface area contributed by atoms with Crippen molar-refractivity contribution in [1.82, 2.24) is 0 Å². The summed E-state index contributed by atoms with van der Waals surface area (Å²) in [4.78, 5) is 22.1. The molecule has 0 saturated carbocycles. The molecule has 0 fully saturated rings. The van der Waals surface area contributed by atoms with Gasteiger partial charge in [-0.1, -0.05) is 12.1 Å². The van der Waals surface area contributed by atoms with Crippen molar-refractivity contribution in [2.45, 2.75) is 13.2 Å². The Bertz CT molecular complexity index is 730. The summed E-state index contributed by atoms with van der Waals surface area (Å²) in [5.74, 6) is -0.444. The Hall–Kier alpha value is -2.93. The van der Waals surface area contributed by atoms with Crippen molar-refractivity contribution in [1.29, 1.82) is 0 Å². The van der Waals surface area contributed by atoms with Crippen molar-refractivity contribution >= 4 is 17.3 Å². The SMILES string of the molecule is COC(=O)c1cccc(CNc2cc(CO)ccc2[N+](=O)[O-])c1. The van der Waals surface area contributed by atoms with Crippen molar-refractivity contribution < 1.29 is 19.6 Å². The average molecular weight is 316 g/mol. The zero-order chi connectivity index (χ0) is 16.8. The van der Waals surface area contributed by atoms with E-state index in [1.165, 1.54) is 25.3 Å². The van der Waals surface area contributed by atoms with Crippen molar-refractivity contribution in [2.75, 3.05) is 12.4 Å². The highest BCUT2D eigenvalue weighted by molar-refractivity contribution is 5.89. The van der Waals surface area contributed by atoms with Gasteiger partial charge in [-0.3, -0.25) is 10.1 Å². The summed E-state index contributed by atoms with van der Waals surface area (Å²) in [6, 6.07) is 11.2. The van der Waals surface area contributed by atoms with Crippen molar-refractivity contribution in [3.05, 3.63) is 69.3 Å². The van der Waals surface area contributed by atoms with E-state index in [0.29, 0.717) is 23.4 Å². The van der Waals surface area contributed by atoms with Crippen LogP contribution in [0.4, 0.5) is 11.4 Å². The summed E-state index contributed by atoms with van der Waals surface area (Å²) < 4.78 is 4.66. The number of aliphatic hydroxyl groups excluding tert-OH is 1. The van der Waals surface area contributed by atoms with Gasteiger partial charge >= 0.3 is 5.97 Å². The van der Waals surface area contributed by atoms with E-state index in [9.17, 15) is 14.9 Å². The van der Waals surface area contributed by atoms with E-state index in [4.69, 9.17) is 5.11 Å². The molecule has 0 bridgehead atoms.